The van der Waals surface area contributed by atoms with Crippen LogP contribution in [0.1, 0.15) is 11.3 Å². The van der Waals surface area contributed by atoms with Gasteiger partial charge in [-0.1, -0.05) is 0 Å². The van der Waals surface area contributed by atoms with Gasteiger partial charge >= 0.3 is 0 Å². The molecule has 3 N–H and O–H groups in total. The van der Waals surface area contributed by atoms with Gasteiger partial charge in [-0.05, 0) is 24.7 Å². The molecule has 2 heterocycles. The summed E-state index contributed by atoms with van der Waals surface area (Å²) in [5, 5.41) is 7.37. The summed E-state index contributed by atoms with van der Waals surface area (Å²) in [6.45, 7) is 5.33. The molecule has 0 aromatic carbocycles. The van der Waals surface area contributed by atoms with E-state index in [-0.39, 0.29) is 5.84 Å². The Hall–Kier alpha value is -1.46. The van der Waals surface area contributed by atoms with Gasteiger partial charge in [-0.2, -0.15) is 0 Å². The normalized spacial score (nSPS) is 18.2. The van der Waals surface area contributed by atoms with Crippen LogP contribution >= 0.6 is 0 Å². The molecule has 0 saturated carbocycles. The van der Waals surface area contributed by atoms with E-state index in [4.69, 9.17) is 11.1 Å². The Morgan fingerprint density at radius 3 is 2.76 bits per heavy atom. The molecule has 0 bridgehead atoms. The van der Waals surface area contributed by atoms with Gasteiger partial charge in [-0.25, -0.2) is 0 Å². The molecular formula is C12H19N5. The Kier molecular flexibility index (Phi) is 3.71. The van der Waals surface area contributed by atoms with Crippen molar-refractivity contribution >= 4 is 5.84 Å². The van der Waals surface area contributed by atoms with Gasteiger partial charge in [0.15, 0.2) is 0 Å². The van der Waals surface area contributed by atoms with Gasteiger partial charge in [-0.15, -0.1) is 0 Å². The first-order valence-electron chi connectivity index (χ1n) is 5.85. The molecule has 1 aromatic rings. The molecule has 5 nitrogen and oxygen atoms in total. The van der Waals surface area contributed by atoms with Crippen LogP contribution in [-0.4, -0.2) is 53.8 Å². The maximum Gasteiger partial charge on any atom is 0.141 e. The van der Waals surface area contributed by atoms with Crippen molar-refractivity contribution < 1.29 is 0 Å². The average molecular weight is 233 g/mol. The highest BCUT2D eigenvalue weighted by Crippen LogP contribution is 2.08. The number of nitrogen functional groups attached to an aromatic ring is 1. The SMILES string of the molecule is CN1CCN(Cc2ccnc(C(=N)N)c2)CC1. The monoisotopic (exact) mass is 233 g/mol. The summed E-state index contributed by atoms with van der Waals surface area (Å²) in [5.41, 5.74) is 7.18. The molecule has 0 spiro atoms. The fraction of sp³-hybridized carbons (Fsp3) is 0.500. The first-order chi connectivity index (χ1) is 8.15. The van der Waals surface area contributed by atoms with Gasteiger partial charge < -0.3 is 10.6 Å². The Bertz CT molecular complexity index is 396. The van der Waals surface area contributed by atoms with E-state index in [1.54, 1.807) is 6.20 Å². The molecule has 1 saturated heterocycles. The van der Waals surface area contributed by atoms with Crippen molar-refractivity contribution in [1.82, 2.24) is 14.8 Å². The van der Waals surface area contributed by atoms with E-state index < -0.39 is 0 Å². The van der Waals surface area contributed by atoms with Crippen LogP contribution < -0.4 is 5.73 Å². The molecule has 92 valence electrons. The zero-order chi connectivity index (χ0) is 12.3. The lowest BCUT2D eigenvalue weighted by molar-refractivity contribution is 0.148. The third-order valence-electron chi connectivity index (χ3n) is 3.10. The summed E-state index contributed by atoms with van der Waals surface area (Å²) in [6.07, 6.45) is 1.72. The molecule has 17 heavy (non-hydrogen) atoms. The number of pyridine rings is 1. The number of nitrogens with zero attached hydrogens (tertiary/aromatic N) is 3. The maximum absolute atomic E-state index is 7.37. The number of likely N-dealkylation sites (N-methyl/N-ethyl adjacent to an activating group) is 1. The Morgan fingerprint density at radius 2 is 2.12 bits per heavy atom. The predicted molar refractivity (Wildman–Crippen MR) is 68.0 cm³/mol. The first-order valence-corrected chi connectivity index (χ1v) is 5.85. The highest BCUT2D eigenvalue weighted by atomic mass is 15.2. The highest BCUT2D eigenvalue weighted by Gasteiger charge is 2.14. The van der Waals surface area contributed by atoms with E-state index in [2.05, 4.69) is 21.8 Å². The fourth-order valence-corrected chi connectivity index (χ4v) is 1.98. The fourth-order valence-electron chi connectivity index (χ4n) is 1.98. The molecule has 1 aromatic heterocycles. The van der Waals surface area contributed by atoms with Gasteiger partial charge in [0.1, 0.15) is 11.5 Å². The van der Waals surface area contributed by atoms with Crippen molar-refractivity contribution in [2.75, 3.05) is 33.2 Å². The summed E-state index contributed by atoms with van der Waals surface area (Å²) in [5.74, 6) is 0.0326. The van der Waals surface area contributed by atoms with Gasteiger partial charge in [0, 0.05) is 38.9 Å². The van der Waals surface area contributed by atoms with E-state index >= 15 is 0 Å². The van der Waals surface area contributed by atoms with Gasteiger partial charge in [0.05, 0.1) is 0 Å². The van der Waals surface area contributed by atoms with Crippen molar-refractivity contribution in [2.45, 2.75) is 6.54 Å². The molecular weight excluding hydrogens is 214 g/mol. The van der Waals surface area contributed by atoms with Crippen LogP contribution in [-0.2, 0) is 6.54 Å². The molecule has 5 heteroatoms. The summed E-state index contributed by atoms with van der Waals surface area (Å²) >= 11 is 0. The lowest BCUT2D eigenvalue weighted by Gasteiger charge is -2.32. The quantitative estimate of drug-likeness (QED) is 0.574. The molecule has 0 radical (unpaired) electrons. The lowest BCUT2D eigenvalue weighted by atomic mass is 10.2. The van der Waals surface area contributed by atoms with E-state index in [0.29, 0.717) is 5.69 Å². The number of nitrogens with two attached hydrogens (primary N) is 1. The highest BCUT2D eigenvalue weighted by molar-refractivity contribution is 5.93. The molecule has 0 aliphatic carbocycles. The third-order valence-corrected chi connectivity index (χ3v) is 3.10. The summed E-state index contributed by atoms with van der Waals surface area (Å²) < 4.78 is 0. The largest absolute Gasteiger partial charge is 0.382 e. The summed E-state index contributed by atoms with van der Waals surface area (Å²) in [4.78, 5) is 8.82. The van der Waals surface area contributed by atoms with Crippen LogP contribution in [0, 0.1) is 5.41 Å². The van der Waals surface area contributed by atoms with Crippen molar-refractivity contribution in [3.8, 4) is 0 Å². The number of aromatic nitrogens is 1. The van der Waals surface area contributed by atoms with E-state index in [0.717, 1.165) is 32.7 Å². The Labute approximate surface area is 102 Å². The van der Waals surface area contributed by atoms with Crippen molar-refractivity contribution in [3.05, 3.63) is 29.6 Å². The minimum absolute atomic E-state index is 0.0326. The second-order valence-corrected chi connectivity index (χ2v) is 4.54. The van der Waals surface area contributed by atoms with Crippen LogP contribution in [0.15, 0.2) is 18.3 Å². The predicted octanol–water partition coefficient (Wildman–Crippen LogP) is 0.113. The number of piperazine rings is 1. The number of amidine groups is 1. The van der Waals surface area contributed by atoms with E-state index in [1.165, 1.54) is 5.56 Å². The molecule has 0 unspecified atom stereocenters. The average Bonchev–Trinajstić information content (AvgIpc) is 2.32. The Balaban J connectivity index is 1.98. The number of hydrogen-bond acceptors (Lipinski definition) is 4. The number of nitrogens with one attached hydrogen (secondary N) is 1. The maximum atomic E-state index is 7.37. The number of rotatable bonds is 3. The smallest absolute Gasteiger partial charge is 0.141 e. The second kappa shape index (κ2) is 5.25. The summed E-state index contributed by atoms with van der Waals surface area (Å²) in [7, 11) is 2.15. The zero-order valence-corrected chi connectivity index (χ0v) is 10.2. The molecule has 1 aliphatic heterocycles. The topological polar surface area (TPSA) is 69.2 Å². The first kappa shape index (κ1) is 12.0. The van der Waals surface area contributed by atoms with Gasteiger partial charge in [0.25, 0.3) is 0 Å². The van der Waals surface area contributed by atoms with Crippen LogP contribution in [0.5, 0.6) is 0 Å². The standard InChI is InChI=1S/C12H19N5/c1-16-4-6-17(7-5-16)9-10-2-3-15-11(8-10)12(13)14/h2-3,8H,4-7,9H2,1H3,(H3,13,14). The molecule has 2 rings (SSSR count). The van der Waals surface area contributed by atoms with Gasteiger partial charge in [0.2, 0.25) is 0 Å². The molecule has 0 amide bonds. The summed E-state index contributed by atoms with van der Waals surface area (Å²) in [6, 6.07) is 3.89. The minimum atomic E-state index is 0.0326. The van der Waals surface area contributed by atoms with Crippen LogP contribution in [0.2, 0.25) is 0 Å². The molecule has 1 fully saturated rings. The third kappa shape index (κ3) is 3.25. The van der Waals surface area contributed by atoms with Crippen molar-refractivity contribution in [2.24, 2.45) is 5.73 Å². The second-order valence-electron chi connectivity index (χ2n) is 4.54. The zero-order valence-electron chi connectivity index (χ0n) is 10.2. The molecule has 0 atom stereocenters. The van der Waals surface area contributed by atoms with Crippen LogP contribution in [0.25, 0.3) is 0 Å². The van der Waals surface area contributed by atoms with Crippen molar-refractivity contribution in [3.63, 3.8) is 0 Å². The Morgan fingerprint density at radius 1 is 1.41 bits per heavy atom. The van der Waals surface area contributed by atoms with Gasteiger partial charge in [-0.3, -0.25) is 15.3 Å². The number of hydrogen-bond donors (Lipinski definition) is 2. The van der Waals surface area contributed by atoms with Crippen LogP contribution in [0.3, 0.4) is 0 Å². The molecule has 1 aliphatic rings. The van der Waals surface area contributed by atoms with E-state index in [9.17, 15) is 0 Å². The lowest BCUT2D eigenvalue weighted by Crippen LogP contribution is -2.43. The van der Waals surface area contributed by atoms with Crippen LogP contribution in [0.4, 0.5) is 0 Å². The van der Waals surface area contributed by atoms with Crippen molar-refractivity contribution in [1.29, 1.82) is 5.41 Å². The minimum Gasteiger partial charge on any atom is -0.382 e. The van der Waals surface area contributed by atoms with E-state index in [1.807, 2.05) is 12.1 Å².